The summed E-state index contributed by atoms with van der Waals surface area (Å²) in [6.45, 7) is 0. The molecular weight excluding hydrogens is 319 g/mol. The summed E-state index contributed by atoms with van der Waals surface area (Å²) in [5.41, 5.74) is -1.26. The molecule has 1 aliphatic rings. The molecule has 1 N–H and O–H groups in total. The first-order valence-electron chi connectivity index (χ1n) is 6.15. The van der Waals surface area contributed by atoms with Crippen LogP contribution in [-0.4, -0.2) is 11.8 Å². The maximum Gasteiger partial charge on any atom is 0.418 e. The van der Waals surface area contributed by atoms with Gasteiger partial charge < -0.3 is 0 Å². The van der Waals surface area contributed by atoms with Gasteiger partial charge in [0.25, 0.3) is 11.8 Å². The lowest BCUT2D eigenvalue weighted by atomic mass is 9.93. The zero-order valence-corrected chi connectivity index (χ0v) is 11.5. The van der Waals surface area contributed by atoms with Crippen LogP contribution in [0.3, 0.4) is 0 Å². The van der Waals surface area contributed by atoms with Gasteiger partial charge in [0.2, 0.25) is 0 Å². The Bertz CT molecular complexity index is 815. The second kappa shape index (κ2) is 4.84. The van der Waals surface area contributed by atoms with E-state index in [1.54, 1.807) is 0 Å². The Morgan fingerprint density at radius 3 is 2.14 bits per heavy atom. The molecule has 0 bridgehead atoms. The Labute approximate surface area is 127 Å². The molecule has 0 spiro atoms. The molecule has 0 radical (unpaired) electrons. The number of carbonyl (C=O) groups excluding carboxylic acids is 2. The maximum absolute atomic E-state index is 13.3. The van der Waals surface area contributed by atoms with Crippen molar-refractivity contribution in [3.63, 3.8) is 0 Å². The molecule has 0 unspecified atom stereocenters. The number of alkyl halides is 3. The monoisotopic (exact) mass is 325 g/mol. The Balaban J connectivity index is 2.34. The first-order valence-corrected chi connectivity index (χ1v) is 6.53. The molecule has 2 amide bonds. The third-order valence-electron chi connectivity index (χ3n) is 3.35. The minimum absolute atomic E-state index is 0.0238. The van der Waals surface area contributed by atoms with Gasteiger partial charge >= 0.3 is 6.18 Å². The van der Waals surface area contributed by atoms with Crippen molar-refractivity contribution in [2.24, 2.45) is 0 Å². The van der Waals surface area contributed by atoms with Crippen LogP contribution in [0.5, 0.6) is 0 Å². The van der Waals surface area contributed by atoms with Crippen LogP contribution >= 0.6 is 11.6 Å². The third-order valence-corrected chi connectivity index (χ3v) is 3.67. The van der Waals surface area contributed by atoms with Crippen LogP contribution in [0.15, 0.2) is 36.4 Å². The molecule has 7 heteroatoms. The highest BCUT2D eigenvalue weighted by Gasteiger charge is 2.38. The fourth-order valence-corrected chi connectivity index (χ4v) is 2.76. The summed E-state index contributed by atoms with van der Waals surface area (Å²) in [6, 6.07) is 7.88. The summed E-state index contributed by atoms with van der Waals surface area (Å²) in [5, 5.41) is 1.61. The molecule has 0 aliphatic carbocycles. The van der Waals surface area contributed by atoms with E-state index in [1.165, 1.54) is 30.3 Å². The van der Waals surface area contributed by atoms with Crippen LogP contribution in [0.1, 0.15) is 26.3 Å². The van der Waals surface area contributed by atoms with Crippen LogP contribution in [0.2, 0.25) is 5.02 Å². The van der Waals surface area contributed by atoms with E-state index < -0.39 is 28.6 Å². The van der Waals surface area contributed by atoms with Gasteiger partial charge in [-0.25, -0.2) is 0 Å². The van der Waals surface area contributed by atoms with Crippen molar-refractivity contribution < 1.29 is 22.8 Å². The molecule has 0 fully saturated rings. The Morgan fingerprint density at radius 2 is 1.45 bits per heavy atom. The fourth-order valence-electron chi connectivity index (χ4n) is 2.48. The molecule has 0 aromatic heterocycles. The van der Waals surface area contributed by atoms with Gasteiger partial charge in [0, 0.05) is 0 Å². The van der Waals surface area contributed by atoms with E-state index >= 15 is 0 Å². The lowest BCUT2D eigenvalue weighted by Gasteiger charge is -2.16. The molecule has 0 saturated carbocycles. The topological polar surface area (TPSA) is 46.2 Å². The highest BCUT2D eigenvalue weighted by Crippen LogP contribution is 2.43. The first-order chi connectivity index (χ1) is 10.3. The average molecular weight is 326 g/mol. The summed E-state index contributed by atoms with van der Waals surface area (Å²) in [5.74, 6) is -1.35. The van der Waals surface area contributed by atoms with Crippen molar-refractivity contribution in [3.05, 3.63) is 58.1 Å². The van der Waals surface area contributed by atoms with Crippen LogP contribution < -0.4 is 5.32 Å². The molecule has 0 atom stereocenters. The number of hydrogen-bond acceptors (Lipinski definition) is 2. The molecule has 3 nitrogen and oxygen atoms in total. The van der Waals surface area contributed by atoms with E-state index in [9.17, 15) is 22.8 Å². The SMILES string of the molecule is O=C1NC(=O)c2c1cccc2-c1cccc(Cl)c1C(F)(F)F. The number of amides is 2. The first kappa shape index (κ1) is 14.6. The zero-order chi connectivity index (χ0) is 16.1. The number of carbonyl (C=O) groups is 2. The smallest absolute Gasteiger partial charge is 0.288 e. The van der Waals surface area contributed by atoms with Gasteiger partial charge in [-0.05, 0) is 23.3 Å². The minimum atomic E-state index is -4.69. The van der Waals surface area contributed by atoms with E-state index in [2.05, 4.69) is 5.32 Å². The summed E-state index contributed by atoms with van der Waals surface area (Å²) in [6.07, 6.45) is -4.69. The Hall–Kier alpha value is -2.34. The van der Waals surface area contributed by atoms with Crippen molar-refractivity contribution in [2.75, 3.05) is 0 Å². The highest BCUT2D eigenvalue weighted by molar-refractivity contribution is 6.32. The summed E-state index contributed by atoms with van der Waals surface area (Å²) < 4.78 is 39.8. The van der Waals surface area contributed by atoms with Gasteiger partial charge in [0.1, 0.15) is 0 Å². The normalized spacial score (nSPS) is 14.0. The van der Waals surface area contributed by atoms with Gasteiger partial charge in [-0.2, -0.15) is 13.2 Å². The maximum atomic E-state index is 13.3. The second-order valence-corrected chi connectivity index (χ2v) is 5.08. The van der Waals surface area contributed by atoms with Crippen LogP contribution in [-0.2, 0) is 6.18 Å². The molecular formula is C15H7ClF3NO2. The molecule has 22 heavy (non-hydrogen) atoms. The van der Waals surface area contributed by atoms with E-state index in [1.807, 2.05) is 0 Å². The lowest BCUT2D eigenvalue weighted by molar-refractivity contribution is -0.137. The van der Waals surface area contributed by atoms with Crippen molar-refractivity contribution in [1.82, 2.24) is 5.32 Å². The average Bonchev–Trinajstić information content (AvgIpc) is 2.72. The number of hydrogen-bond donors (Lipinski definition) is 1. The second-order valence-electron chi connectivity index (χ2n) is 4.67. The van der Waals surface area contributed by atoms with Gasteiger partial charge in [0.15, 0.2) is 0 Å². The molecule has 1 heterocycles. The molecule has 0 saturated heterocycles. The van der Waals surface area contributed by atoms with Crippen LogP contribution in [0.4, 0.5) is 13.2 Å². The third kappa shape index (κ3) is 2.16. The number of imide groups is 1. The number of fused-ring (bicyclic) bond motifs is 1. The summed E-state index contributed by atoms with van der Waals surface area (Å²) >= 11 is 5.69. The number of nitrogens with one attached hydrogen (secondary N) is 1. The number of benzene rings is 2. The van der Waals surface area contributed by atoms with Crippen molar-refractivity contribution in [3.8, 4) is 11.1 Å². The van der Waals surface area contributed by atoms with E-state index in [0.29, 0.717) is 0 Å². The molecule has 2 aromatic carbocycles. The summed E-state index contributed by atoms with van der Waals surface area (Å²) in [7, 11) is 0. The van der Waals surface area contributed by atoms with Crippen molar-refractivity contribution in [1.29, 1.82) is 0 Å². The highest BCUT2D eigenvalue weighted by atomic mass is 35.5. The molecule has 1 aliphatic heterocycles. The van der Waals surface area contributed by atoms with Crippen LogP contribution in [0.25, 0.3) is 11.1 Å². The van der Waals surface area contributed by atoms with Crippen LogP contribution in [0, 0.1) is 0 Å². The minimum Gasteiger partial charge on any atom is -0.288 e. The molecule has 112 valence electrons. The van der Waals surface area contributed by atoms with E-state index in [0.717, 1.165) is 6.07 Å². The predicted octanol–water partition coefficient (Wildman–Crippen LogP) is 3.91. The van der Waals surface area contributed by atoms with Crippen molar-refractivity contribution in [2.45, 2.75) is 6.18 Å². The Morgan fingerprint density at radius 1 is 0.864 bits per heavy atom. The van der Waals surface area contributed by atoms with Gasteiger partial charge in [-0.15, -0.1) is 0 Å². The zero-order valence-electron chi connectivity index (χ0n) is 10.8. The Kier molecular flexibility index (Phi) is 3.21. The quantitative estimate of drug-likeness (QED) is 0.808. The van der Waals surface area contributed by atoms with E-state index in [-0.39, 0.29) is 22.3 Å². The summed E-state index contributed by atoms with van der Waals surface area (Å²) in [4.78, 5) is 23.5. The molecule has 3 rings (SSSR count). The van der Waals surface area contributed by atoms with Gasteiger partial charge in [-0.3, -0.25) is 14.9 Å². The van der Waals surface area contributed by atoms with Crippen molar-refractivity contribution >= 4 is 23.4 Å². The van der Waals surface area contributed by atoms with Gasteiger partial charge in [0.05, 0.1) is 21.7 Å². The number of rotatable bonds is 1. The number of halogens is 4. The fraction of sp³-hybridized carbons (Fsp3) is 0.0667. The van der Waals surface area contributed by atoms with Gasteiger partial charge in [-0.1, -0.05) is 35.9 Å². The lowest BCUT2D eigenvalue weighted by Crippen LogP contribution is -2.20. The predicted molar refractivity (Wildman–Crippen MR) is 73.7 cm³/mol. The van der Waals surface area contributed by atoms with E-state index in [4.69, 9.17) is 11.6 Å². The standard InChI is InChI=1S/C15H7ClF3NO2/c16-10-6-2-4-8(12(10)15(17,18)19)7-3-1-5-9-11(7)14(22)20-13(9)21/h1-6H,(H,20,21,22). The largest absolute Gasteiger partial charge is 0.418 e. The molecule has 2 aromatic rings.